The minimum atomic E-state index is 0.153. The first-order valence-corrected chi connectivity index (χ1v) is 8.00. The summed E-state index contributed by atoms with van der Waals surface area (Å²) in [5, 5.41) is 8.00. The van der Waals surface area contributed by atoms with E-state index in [1.807, 2.05) is 32.0 Å². The zero-order valence-electron chi connectivity index (χ0n) is 13.9. The van der Waals surface area contributed by atoms with Crippen molar-refractivity contribution in [3.8, 4) is 28.8 Å². The topological polar surface area (TPSA) is 83.2 Å². The Morgan fingerprint density at radius 2 is 2.12 bits per heavy atom. The number of nitrogen functional groups attached to an aromatic ring is 1. The van der Waals surface area contributed by atoms with Crippen molar-refractivity contribution in [2.45, 2.75) is 26.7 Å². The summed E-state index contributed by atoms with van der Waals surface area (Å²) in [6.45, 7) is 4.51. The number of anilines is 1. The average molecular weight is 324 g/mol. The van der Waals surface area contributed by atoms with E-state index in [1.54, 1.807) is 0 Å². The minimum Gasteiger partial charge on any atom is -0.467 e. The van der Waals surface area contributed by atoms with Gasteiger partial charge in [-0.25, -0.2) is 4.98 Å². The highest BCUT2D eigenvalue weighted by Gasteiger charge is 2.18. The fourth-order valence-electron chi connectivity index (χ4n) is 2.19. The molecular weight excluding hydrogens is 304 g/mol. The minimum absolute atomic E-state index is 0.153. The summed E-state index contributed by atoms with van der Waals surface area (Å²) in [4.78, 5) is 4.17. The van der Waals surface area contributed by atoms with Crippen LogP contribution in [0.25, 0.3) is 11.3 Å². The van der Waals surface area contributed by atoms with Gasteiger partial charge >= 0.3 is 0 Å². The molecule has 1 fully saturated rings. The molecule has 1 aromatic carbocycles. The number of nitrogens with zero attached hydrogens (tertiary/aromatic N) is 3. The smallest absolute Gasteiger partial charge is 0.240 e. The molecule has 0 unspecified atom stereocenters. The van der Waals surface area contributed by atoms with Crippen molar-refractivity contribution in [2.75, 3.05) is 19.1 Å². The van der Waals surface area contributed by atoms with Crippen LogP contribution >= 0.6 is 0 Å². The Hall–Kier alpha value is -2.65. The van der Waals surface area contributed by atoms with Crippen molar-refractivity contribution in [1.82, 2.24) is 15.2 Å². The largest absolute Gasteiger partial charge is 0.467 e. The van der Waals surface area contributed by atoms with Crippen LogP contribution in [0.15, 0.2) is 18.2 Å². The van der Waals surface area contributed by atoms with Crippen molar-refractivity contribution in [2.24, 2.45) is 5.92 Å². The van der Waals surface area contributed by atoms with Gasteiger partial charge in [0, 0.05) is 23.7 Å². The monoisotopic (exact) mass is 324 g/mol. The van der Waals surface area contributed by atoms with Gasteiger partial charge in [-0.1, -0.05) is 11.8 Å². The van der Waals surface area contributed by atoms with E-state index in [-0.39, 0.29) is 12.7 Å². The number of hydrogen-bond donors (Lipinski definition) is 1. The van der Waals surface area contributed by atoms with Crippen molar-refractivity contribution >= 4 is 5.95 Å². The number of ether oxygens (including phenoxy) is 2. The Balaban J connectivity index is 1.95. The number of benzene rings is 1. The van der Waals surface area contributed by atoms with Gasteiger partial charge in [-0.05, 0) is 44.9 Å². The van der Waals surface area contributed by atoms with Crippen LogP contribution in [-0.4, -0.2) is 28.6 Å². The van der Waals surface area contributed by atoms with Crippen LogP contribution in [0.2, 0.25) is 0 Å². The molecule has 0 saturated heterocycles. The maximum Gasteiger partial charge on any atom is 0.240 e. The highest BCUT2D eigenvalue weighted by molar-refractivity contribution is 5.70. The van der Waals surface area contributed by atoms with Gasteiger partial charge in [0.05, 0.1) is 5.69 Å². The highest BCUT2D eigenvalue weighted by atomic mass is 16.7. The van der Waals surface area contributed by atoms with Crippen LogP contribution in [0.5, 0.6) is 5.75 Å². The third kappa shape index (κ3) is 4.00. The second kappa shape index (κ2) is 7.28. The molecule has 0 bridgehead atoms. The van der Waals surface area contributed by atoms with E-state index in [2.05, 4.69) is 27.0 Å². The van der Waals surface area contributed by atoms with Gasteiger partial charge in [-0.3, -0.25) is 0 Å². The SMILES string of the molecule is CCOCOc1cc(C#CC2CC2)ccc1-c1nnc(N)nc1C. The van der Waals surface area contributed by atoms with Gasteiger partial charge < -0.3 is 15.2 Å². The summed E-state index contributed by atoms with van der Waals surface area (Å²) in [5.41, 5.74) is 8.62. The first-order chi connectivity index (χ1) is 11.7. The van der Waals surface area contributed by atoms with Gasteiger partial charge in [-0.2, -0.15) is 0 Å². The van der Waals surface area contributed by atoms with Gasteiger partial charge in [0.2, 0.25) is 5.95 Å². The first kappa shape index (κ1) is 16.2. The lowest BCUT2D eigenvalue weighted by Crippen LogP contribution is -2.06. The fourth-order valence-corrected chi connectivity index (χ4v) is 2.19. The zero-order valence-corrected chi connectivity index (χ0v) is 13.9. The van der Waals surface area contributed by atoms with Crippen LogP contribution in [0.4, 0.5) is 5.95 Å². The number of aryl methyl sites for hydroxylation is 1. The molecule has 6 heteroatoms. The summed E-state index contributed by atoms with van der Waals surface area (Å²) in [6.07, 6.45) is 2.40. The number of hydrogen-bond acceptors (Lipinski definition) is 6. The average Bonchev–Trinajstić information content (AvgIpc) is 3.38. The van der Waals surface area contributed by atoms with E-state index in [9.17, 15) is 0 Å². The Labute approximate surface area is 141 Å². The second-order valence-corrected chi connectivity index (χ2v) is 5.61. The second-order valence-electron chi connectivity index (χ2n) is 5.61. The molecule has 2 aromatic rings. The highest BCUT2D eigenvalue weighted by Crippen LogP contribution is 2.32. The molecule has 1 heterocycles. The molecule has 0 aliphatic heterocycles. The van der Waals surface area contributed by atoms with Crippen LogP contribution in [0.1, 0.15) is 31.0 Å². The third-order valence-corrected chi connectivity index (χ3v) is 3.61. The fraction of sp³-hybridized carbons (Fsp3) is 0.389. The quantitative estimate of drug-likeness (QED) is 0.517. The lowest BCUT2D eigenvalue weighted by atomic mass is 10.1. The Kier molecular flexibility index (Phi) is 4.92. The number of aromatic nitrogens is 3. The molecule has 0 spiro atoms. The molecule has 1 aliphatic carbocycles. The molecule has 3 rings (SSSR count). The summed E-state index contributed by atoms with van der Waals surface area (Å²) in [6, 6.07) is 5.78. The lowest BCUT2D eigenvalue weighted by molar-refractivity contribution is 0.0227. The van der Waals surface area contributed by atoms with Crippen LogP contribution in [0.3, 0.4) is 0 Å². The summed E-state index contributed by atoms with van der Waals surface area (Å²) >= 11 is 0. The van der Waals surface area contributed by atoms with Crippen molar-refractivity contribution < 1.29 is 9.47 Å². The van der Waals surface area contributed by atoms with Crippen LogP contribution in [-0.2, 0) is 4.74 Å². The van der Waals surface area contributed by atoms with E-state index in [0.29, 0.717) is 29.7 Å². The summed E-state index contributed by atoms with van der Waals surface area (Å²) in [5.74, 6) is 7.80. The zero-order chi connectivity index (χ0) is 16.9. The molecule has 1 aromatic heterocycles. The predicted molar refractivity (Wildman–Crippen MR) is 91.1 cm³/mol. The lowest BCUT2D eigenvalue weighted by Gasteiger charge is -2.12. The maximum atomic E-state index is 5.76. The maximum absolute atomic E-state index is 5.76. The normalized spacial score (nSPS) is 13.2. The summed E-state index contributed by atoms with van der Waals surface area (Å²) < 4.78 is 11.1. The van der Waals surface area contributed by atoms with Gasteiger partial charge in [0.25, 0.3) is 0 Å². The van der Waals surface area contributed by atoms with E-state index >= 15 is 0 Å². The van der Waals surface area contributed by atoms with Crippen LogP contribution < -0.4 is 10.5 Å². The summed E-state index contributed by atoms with van der Waals surface area (Å²) in [7, 11) is 0. The van der Waals surface area contributed by atoms with Gasteiger partial charge in [-0.15, -0.1) is 10.2 Å². The van der Waals surface area contributed by atoms with Gasteiger partial charge in [0.15, 0.2) is 6.79 Å². The first-order valence-electron chi connectivity index (χ1n) is 8.00. The van der Waals surface area contributed by atoms with E-state index in [1.165, 1.54) is 12.8 Å². The Morgan fingerprint density at radius 1 is 1.29 bits per heavy atom. The molecule has 1 aliphatic rings. The van der Waals surface area contributed by atoms with Crippen molar-refractivity contribution in [1.29, 1.82) is 0 Å². The van der Waals surface area contributed by atoms with Gasteiger partial charge in [0.1, 0.15) is 11.4 Å². The Morgan fingerprint density at radius 3 is 2.83 bits per heavy atom. The third-order valence-electron chi connectivity index (χ3n) is 3.61. The number of rotatable bonds is 5. The number of nitrogens with two attached hydrogens (primary N) is 1. The molecular formula is C18H20N4O2. The van der Waals surface area contributed by atoms with E-state index in [4.69, 9.17) is 15.2 Å². The molecule has 124 valence electrons. The van der Waals surface area contributed by atoms with Crippen LogP contribution in [0, 0.1) is 24.7 Å². The molecule has 0 amide bonds. The molecule has 0 radical (unpaired) electrons. The molecule has 2 N–H and O–H groups in total. The van der Waals surface area contributed by atoms with E-state index in [0.717, 1.165) is 11.1 Å². The Bertz CT molecular complexity index is 791. The van der Waals surface area contributed by atoms with Crippen molar-refractivity contribution in [3.63, 3.8) is 0 Å². The predicted octanol–water partition coefficient (Wildman–Crippen LogP) is 2.56. The molecule has 24 heavy (non-hydrogen) atoms. The van der Waals surface area contributed by atoms with Crippen molar-refractivity contribution in [3.05, 3.63) is 29.5 Å². The standard InChI is InChI=1S/C18H20N4O2/c1-3-23-11-24-16-10-14(7-6-13-4-5-13)8-9-15(16)17-12(2)20-18(19)22-21-17/h8-10,13H,3-5,11H2,1-2H3,(H2,19,20,22). The molecule has 0 atom stereocenters. The van der Waals surface area contributed by atoms with E-state index < -0.39 is 0 Å². The molecule has 6 nitrogen and oxygen atoms in total. The molecule has 1 saturated carbocycles.